The molecule has 1 amide bonds. The number of ether oxygens (including phenoxy) is 1. The number of nitrogens with one attached hydrogen (secondary N) is 1. The highest BCUT2D eigenvalue weighted by Gasteiger charge is 2.34. The first-order valence-electron chi connectivity index (χ1n) is 10.1. The minimum absolute atomic E-state index is 0.147. The number of aromatic nitrogens is 2. The van der Waals surface area contributed by atoms with E-state index in [1.807, 2.05) is 25.1 Å². The zero-order valence-electron chi connectivity index (χ0n) is 16.8. The molecule has 3 aromatic rings. The monoisotopic (exact) mass is 405 g/mol. The van der Waals surface area contributed by atoms with Gasteiger partial charge in [0.1, 0.15) is 5.82 Å². The van der Waals surface area contributed by atoms with Crippen LogP contribution in [0.2, 0.25) is 0 Å². The van der Waals surface area contributed by atoms with Crippen molar-refractivity contribution in [1.82, 2.24) is 14.9 Å². The van der Waals surface area contributed by atoms with Crippen LogP contribution in [0.3, 0.4) is 0 Å². The van der Waals surface area contributed by atoms with Crippen molar-refractivity contribution in [2.45, 2.75) is 38.8 Å². The topological polar surface area (TPSA) is 92.4 Å². The number of H-pyrrole nitrogens is 1. The lowest BCUT2D eigenvalue weighted by Crippen LogP contribution is -2.45. The van der Waals surface area contributed by atoms with Gasteiger partial charge in [-0.05, 0) is 30.2 Å². The Morgan fingerprint density at radius 3 is 2.77 bits per heavy atom. The predicted octanol–water partition coefficient (Wildman–Crippen LogP) is 2.83. The summed E-state index contributed by atoms with van der Waals surface area (Å²) < 4.78 is 5.44. The fraction of sp³-hybridized carbons (Fsp3) is 0.304. The summed E-state index contributed by atoms with van der Waals surface area (Å²) in [6.07, 6.45) is 1.15. The van der Waals surface area contributed by atoms with E-state index in [0.29, 0.717) is 35.3 Å². The zero-order chi connectivity index (χ0) is 21.1. The van der Waals surface area contributed by atoms with E-state index < -0.39 is 12.1 Å². The van der Waals surface area contributed by atoms with Gasteiger partial charge in [0, 0.05) is 13.0 Å². The molecule has 154 valence electrons. The van der Waals surface area contributed by atoms with Crippen molar-refractivity contribution >= 4 is 22.8 Å². The van der Waals surface area contributed by atoms with Crippen LogP contribution in [0.5, 0.6) is 0 Å². The van der Waals surface area contributed by atoms with Crippen LogP contribution >= 0.6 is 0 Å². The molecule has 1 aromatic heterocycles. The number of unbranched alkanes of at least 4 members (excludes halogenated alkanes) is 1. The molecular weight excluding hydrogens is 382 g/mol. The van der Waals surface area contributed by atoms with E-state index in [0.717, 1.165) is 18.4 Å². The van der Waals surface area contributed by atoms with Crippen LogP contribution in [0.25, 0.3) is 10.9 Å². The number of aromatic amines is 1. The van der Waals surface area contributed by atoms with Gasteiger partial charge in [0.25, 0.3) is 11.5 Å². The van der Waals surface area contributed by atoms with Gasteiger partial charge < -0.3 is 14.6 Å². The van der Waals surface area contributed by atoms with Crippen LogP contribution in [0, 0.1) is 0 Å². The predicted molar refractivity (Wildman–Crippen MR) is 112 cm³/mol. The standard InChI is InChI=1S/C23H23N3O4/c1-2-3-12-26(14-20-24-18-11-7-6-10-17(18)21(27)25-20)22(28)19-13-15-8-4-5-9-16(15)23(29)30-19/h4-11,19H,2-3,12-14H2,1H3,(H,24,25,27)/t19-/m0/s1. The van der Waals surface area contributed by atoms with E-state index in [2.05, 4.69) is 9.97 Å². The van der Waals surface area contributed by atoms with Crippen molar-refractivity contribution in [3.05, 3.63) is 75.8 Å². The van der Waals surface area contributed by atoms with Crippen LogP contribution in [0.1, 0.15) is 41.5 Å². The third-order valence-corrected chi connectivity index (χ3v) is 5.26. The summed E-state index contributed by atoms with van der Waals surface area (Å²) in [5.74, 6) is -0.351. The van der Waals surface area contributed by atoms with Crippen molar-refractivity contribution in [3.63, 3.8) is 0 Å². The number of nitrogens with zero attached hydrogens (tertiary/aromatic N) is 2. The molecule has 0 saturated carbocycles. The average molecular weight is 405 g/mol. The van der Waals surface area contributed by atoms with Gasteiger partial charge in [-0.15, -0.1) is 0 Å². The summed E-state index contributed by atoms with van der Waals surface area (Å²) in [5.41, 5.74) is 1.65. The Balaban J connectivity index is 1.59. The molecule has 2 heterocycles. The van der Waals surface area contributed by atoms with E-state index in [-0.39, 0.29) is 18.0 Å². The van der Waals surface area contributed by atoms with E-state index in [4.69, 9.17) is 4.74 Å². The number of fused-ring (bicyclic) bond motifs is 2. The first-order valence-corrected chi connectivity index (χ1v) is 10.1. The minimum Gasteiger partial charge on any atom is -0.448 e. The Hall–Kier alpha value is -3.48. The van der Waals surface area contributed by atoms with Gasteiger partial charge in [0.2, 0.25) is 0 Å². The van der Waals surface area contributed by atoms with Crippen LogP contribution < -0.4 is 5.56 Å². The lowest BCUT2D eigenvalue weighted by molar-refractivity contribution is -0.142. The number of amides is 1. The summed E-state index contributed by atoms with van der Waals surface area (Å²) in [5, 5.41) is 0.505. The van der Waals surface area contributed by atoms with Crippen LogP contribution in [-0.2, 0) is 22.5 Å². The molecule has 1 aliphatic rings. The summed E-state index contributed by atoms with van der Waals surface area (Å²) >= 11 is 0. The van der Waals surface area contributed by atoms with Gasteiger partial charge in [-0.2, -0.15) is 0 Å². The van der Waals surface area contributed by atoms with Gasteiger partial charge in [0.15, 0.2) is 6.10 Å². The fourth-order valence-corrected chi connectivity index (χ4v) is 3.68. The van der Waals surface area contributed by atoms with Crippen LogP contribution in [-0.4, -0.2) is 39.4 Å². The second kappa shape index (κ2) is 8.49. The van der Waals surface area contributed by atoms with Crippen LogP contribution in [0.4, 0.5) is 0 Å². The summed E-state index contributed by atoms with van der Waals surface area (Å²) in [6.45, 7) is 2.67. The van der Waals surface area contributed by atoms with Crippen molar-refractivity contribution in [2.24, 2.45) is 0 Å². The minimum atomic E-state index is -0.878. The molecule has 0 aliphatic carbocycles. The molecule has 7 heteroatoms. The number of cyclic esters (lactones) is 1. The van der Waals surface area contributed by atoms with Gasteiger partial charge >= 0.3 is 5.97 Å². The molecule has 0 radical (unpaired) electrons. The third kappa shape index (κ3) is 3.96. The molecule has 30 heavy (non-hydrogen) atoms. The quantitative estimate of drug-likeness (QED) is 0.637. The SMILES string of the molecule is CCCCN(Cc1nc2ccccc2c(=O)[nH]1)C(=O)[C@@H]1Cc2ccccc2C(=O)O1. The highest BCUT2D eigenvalue weighted by Crippen LogP contribution is 2.22. The lowest BCUT2D eigenvalue weighted by atomic mass is 9.98. The molecule has 1 aliphatic heterocycles. The molecule has 2 aromatic carbocycles. The Kier molecular flexibility index (Phi) is 5.61. The van der Waals surface area contributed by atoms with Crippen molar-refractivity contribution in [1.29, 1.82) is 0 Å². The van der Waals surface area contributed by atoms with Gasteiger partial charge in [0.05, 0.1) is 23.0 Å². The van der Waals surface area contributed by atoms with Crippen molar-refractivity contribution < 1.29 is 14.3 Å². The highest BCUT2D eigenvalue weighted by atomic mass is 16.5. The maximum Gasteiger partial charge on any atom is 0.339 e. The molecule has 0 bridgehead atoms. The number of carbonyl (C=O) groups excluding carboxylic acids is 2. The second-order valence-electron chi connectivity index (χ2n) is 7.40. The Labute approximate surface area is 173 Å². The van der Waals surface area contributed by atoms with E-state index in [9.17, 15) is 14.4 Å². The summed E-state index contributed by atoms with van der Waals surface area (Å²) in [7, 11) is 0. The number of benzene rings is 2. The fourth-order valence-electron chi connectivity index (χ4n) is 3.68. The van der Waals surface area contributed by atoms with Gasteiger partial charge in [-0.25, -0.2) is 9.78 Å². The third-order valence-electron chi connectivity index (χ3n) is 5.26. The smallest absolute Gasteiger partial charge is 0.339 e. The van der Waals surface area contributed by atoms with Gasteiger partial charge in [-0.3, -0.25) is 9.59 Å². The first kappa shape index (κ1) is 19.8. The molecule has 7 nitrogen and oxygen atoms in total. The lowest BCUT2D eigenvalue weighted by Gasteiger charge is -2.29. The molecule has 0 fully saturated rings. The number of hydrogen-bond donors (Lipinski definition) is 1. The molecule has 1 N–H and O–H groups in total. The maximum atomic E-state index is 13.2. The number of hydrogen-bond acceptors (Lipinski definition) is 5. The average Bonchev–Trinajstić information content (AvgIpc) is 2.76. The summed E-state index contributed by atoms with van der Waals surface area (Å²) in [4.78, 5) is 46.8. The van der Waals surface area contributed by atoms with Crippen LogP contribution in [0.15, 0.2) is 53.3 Å². The molecule has 0 unspecified atom stereocenters. The van der Waals surface area contributed by atoms with Gasteiger partial charge in [-0.1, -0.05) is 43.7 Å². The number of rotatable bonds is 6. The van der Waals surface area contributed by atoms with E-state index in [1.165, 1.54) is 0 Å². The molecule has 1 atom stereocenters. The Morgan fingerprint density at radius 2 is 1.93 bits per heavy atom. The van der Waals surface area contributed by atoms with E-state index in [1.54, 1.807) is 35.2 Å². The van der Waals surface area contributed by atoms with E-state index >= 15 is 0 Å². The van der Waals surface area contributed by atoms with Crippen molar-refractivity contribution in [3.8, 4) is 0 Å². The Bertz CT molecular complexity index is 1150. The van der Waals surface area contributed by atoms with Crippen molar-refractivity contribution in [2.75, 3.05) is 6.54 Å². The highest BCUT2D eigenvalue weighted by molar-refractivity contribution is 5.95. The number of carbonyl (C=O) groups is 2. The molecular formula is C23H23N3O4. The first-order chi connectivity index (χ1) is 14.6. The maximum absolute atomic E-state index is 13.2. The molecule has 0 spiro atoms. The zero-order valence-corrected chi connectivity index (χ0v) is 16.8. The normalized spacial score (nSPS) is 15.5. The molecule has 0 saturated heterocycles. The largest absolute Gasteiger partial charge is 0.448 e. The Morgan fingerprint density at radius 1 is 1.17 bits per heavy atom. The summed E-state index contributed by atoms with van der Waals surface area (Å²) in [6, 6.07) is 14.2. The number of para-hydroxylation sites is 1. The molecule has 4 rings (SSSR count). The number of esters is 1. The second-order valence-corrected chi connectivity index (χ2v) is 7.40.